The van der Waals surface area contributed by atoms with Gasteiger partial charge in [-0.3, -0.25) is 4.79 Å². The fourth-order valence-corrected chi connectivity index (χ4v) is 1.59. The lowest BCUT2D eigenvalue weighted by atomic mass is 10.3. The number of carbonyl (C=O) groups excluding carboxylic acids is 1. The fraction of sp³-hybridized carbons (Fsp3) is 0.750. The molecule has 1 N–H and O–H groups in total. The third kappa shape index (κ3) is 22.7. The summed E-state index contributed by atoms with van der Waals surface area (Å²) in [6, 6.07) is 0. The molecule has 0 aliphatic rings. The fourth-order valence-electron chi connectivity index (χ4n) is 1.09. The Hall–Kier alpha value is -0.920. The molecule has 19 heavy (non-hydrogen) atoms. The van der Waals surface area contributed by atoms with Crippen LogP contribution >= 0.6 is 0 Å². The van der Waals surface area contributed by atoms with Gasteiger partial charge in [0.1, 0.15) is 0 Å². The van der Waals surface area contributed by atoms with Crippen LogP contribution in [0.5, 0.6) is 0 Å². The predicted molar refractivity (Wildman–Crippen MR) is 75.6 cm³/mol. The smallest absolute Gasteiger partial charge is 0.243 e. The first kappa shape index (κ1) is 20.4. The standard InChI is InChI=1S/C9H18N2O.C3H8O3S/c1-5-9(12)10-7-6-8-11(2,3)4;1-2-3-7(4,5)6/h5H,1,6-8H2,2-4H3;2-3H2,1H3,(H,4,5,6). The van der Waals surface area contributed by atoms with E-state index in [2.05, 4.69) is 33.0 Å². The van der Waals surface area contributed by atoms with E-state index < -0.39 is 10.1 Å². The Labute approximate surface area is 116 Å². The second kappa shape index (κ2) is 9.94. The van der Waals surface area contributed by atoms with Gasteiger partial charge in [-0.05, 0) is 12.5 Å². The molecule has 0 aliphatic carbocycles. The number of carbonyl (C=O) groups is 1. The van der Waals surface area contributed by atoms with Crippen LogP contribution in [0.2, 0.25) is 0 Å². The van der Waals surface area contributed by atoms with Gasteiger partial charge in [0.15, 0.2) is 0 Å². The molecule has 7 heteroatoms. The second-order valence-electron chi connectivity index (χ2n) is 5.12. The molecule has 0 bridgehead atoms. The largest absolute Gasteiger partial charge is 0.748 e. The van der Waals surface area contributed by atoms with Crippen molar-refractivity contribution in [2.24, 2.45) is 0 Å². The predicted octanol–water partition coefficient (Wildman–Crippen LogP) is 0.327. The molecule has 0 radical (unpaired) electrons. The molecule has 0 aromatic carbocycles. The van der Waals surface area contributed by atoms with Gasteiger partial charge in [-0.15, -0.1) is 0 Å². The summed E-state index contributed by atoms with van der Waals surface area (Å²) in [5.74, 6) is -0.330. The van der Waals surface area contributed by atoms with Gasteiger partial charge in [-0.25, -0.2) is 8.42 Å². The molecule has 0 saturated heterocycles. The molecule has 0 unspecified atom stereocenters. The zero-order valence-electron chi connectivity index (χ0n) is 12.3. The van der Waals surface area contributed by atoms with Crippen LogP contribution in [-0.2, 0) is 14.9 Å². The Kier molecular flexibility index (Phi) is 10.7. The summed E-state index contributed by atoms with van der Waals surface area (Å²) in [6.07, 6.45) is 2.71. The first-order valence-electron chi connectivity index (χ1n) is 6.16. The van der Waals surface area contributed by atoms with Crippen molar-refractivity contribution in [2.45, 2.75) is 19.8 Å². The highest BCUT2D eigenvalue weighted by molar-refractivity contribution is 7.85. The first-order valence-corrected chi connectivity index (χ1v) is 7.74. The quantitative estimate of drug-likeness (QED) is 0.317. The van der Waals surface area contributed by atoms with Gasteiger partial charge >= 0.3 is 0 Å². The summed E-state index contributed by atoms with van der Waals surface area (Å²) >= 11 is 0. The summed E-state index contributed by atoms with van der Waals surface area (Å²) < 4.78 is 30.0. The van der Waals surface area contributed by atoms with Crippen molar-refractivity contribution in [1.82, 2.24) is 5.32 Å². The summed E-state index contributed by atoms with van der Waals surface area (Å²) in [5, 5.41) is 2.74. The van der Waals surface area contributed by atoms with E-state index >= 15 is 0 Å². The van der Waals surface area contributed by atoms with Crippen molar-refractivity contribution in [3.05, 3.63) is 12.7 Å². The molecular formula is C12H26N2O4S. The third-order valence-electron chi connectivity index (χ3n) is 1.94. The van der Waals surface area contributed by atoms with Gasteiger partial charge in [0, 0.05) is 18.7 Å². The number of quaternary nitrogens is 1. The van der Waals surface area contributed by atoms with Crippen molar-refractivity contribution >= 4 is 16.0 Å². The molecule has 0 atom stereocenters. The molecule has 0 heterocycles. The number of hydrogen-bond donors (Lipinski definition) is 1. The number of rotatable bonds is 7. The van der Waals surface area contributed by atoms with Crippen LogP contribution in [0.25, 0.3) is 0 Å². The zero-order chi connectivity index (χ0) is 15.5. The van der Waals surface area contributed by atoms with Gasteiger partial charge < -0.3 is 14.4 Å². The lowest BCUT2D eigenvalue weighted by Crippen LogP contribution is -2.37. The first-order chi connectivity index (χ1) is 8.52. The van der Waals surface area contributed by atoms with E-state index in [9.17, 15) is 17.8 Å². The van der Waals surface area contributed by atoms with Crippen molar-refractivity contribution in [1.29, 1.82) is 0 Å². The van der Waals surface area contributed by atoms with Crippen molar-refractivity contribution in [3.63, 3.8) is 0 Å². The number of amides is 1. The highest BCUT2D eigenvalue weighted by Crippen LogP contribution is 1.91. The molecule has 1 amide bonds. The third-order valence-corrected chi connectivity index (χ3v) is 2.85. The minimum Gasteiger partial charge on any atom is -0.748 e. The van der Waals surface area contributed by atoms with Crippen molar-refractivity contribution < 1.29 is 22.2 Å². The number of nitrogens with one attached hydrogen (secondary N) is 1. The van der Waals surface area contributed by atoms with Gasteiger partial charge in [-0.2, -0.15) is 0 Å². The van der Waals surface area contributed by atoms with Crippen molar-refractivity contribution in [2.75, 3.05) is 40.0 Å². The van der Waals surface area contributed by atoms with Crippen LogP contribution in [0.3, 0.4) is 0 Å². The summed E-state index contributed by atoms with van der Waals surface area (Å²) in [6.45, 7) is 6.82. The molecule has 114 valence electrons. The average Bonchev–Trinajstić information content (AvgIpc) is 2.22. The van der Waals surface area contributed by atoms with E-state index in [-0.39, 0.29) is 11.7 Å². The maximum Gasteiger partial charge on any atom is 0.243 e. The Morgan fingerprint density at radius 2 is 1.89 bits per heavy atom. The van der Waals surface area contributed by atoms with E-state index in [1.54, 1.807) is 6.92 Å². The summed E-state index contributed by atoms with van der Waals surface area (Å²) in [4.78, 5) is 10.7. The Morgan fingerprint density at radius 1 is 1.37 bits per heavy atom. The van der Waals surface area contributed by atoms with E-state index in [1.165, 1.54) is 6.08 Å². The van der Waals surface area contributed by atoms with Crippen LogP contribution in [-0.4, -0.2) is 63.3 Å². The molecule has 0 spiro atoms. The Balaban J connectivity index is 0. The number of nitrogens with zero attached hydrogens (tertiary/aromatic N) is 1. The average molecular weight is 294 g/mol. The van der Waals surface area contributed by atoms with Gasteiger partial charge in [0.25, 0.3) is 0 Å². The topological polar surface area (TPSA) is 86.3 Å². The van der Waals surface area contributed by atoms with Crippen LogP contribution in [0.4, 0.5) is 0 Å². The molecule has 0 aromatic heterocycles. The highest BCUT2D eigenvalue weighted by Gasteiger charge is 2.05. The monoisotopic (exact) mass is 294 g/mol. The SMILES string of the molecule is C=CC(=O)NCCC[N+](C)(C)C.CCCS(=O)(=O)[O-]. The molecule has 0 aromatic rings. The maximum atomic E-state index is 10.7. The Bertz CT molecular complexity index is 358. The van der Waals surface area contributed by atoms with Gasteiger partial charge in [0.05, 0.1) is 37.8 Å². The molecule has 0 aliphatic heterocycles. The summed E-state index contributed by atoms with van der Waals surface area (Å²) in [7, 11) is 2.48. The van der Waals surface area contributed by atoms with Crippen LogP contribution in [0.1, 0.15) is 19.8 Å². The van der Waals surface area contributed by atoms with Gasteiger partial charge in [0.2, 0.25) is 5.91 Å². The van der Waals surface area contributed by atoms with Crippen LogP contribution < -0.4 is 5.32 Å². The lowest BCUT2D eigenvalue weighted by molar-refractivity contribution is -0.870. The van der Waals surface area contributed by atoms with E-state index in [4.69, 9.17) is 0 Å². The Morgan fingerprint density at radius 3 is 2.16 bits per heavy atom. The van der Waals surface area contributed by atoms with E-state index in [0.29, 0.717) is 6.42 Å². The minimum absolute atomic E-state index is 0.0867. The molecule has 6 nitrogen and oxygen atoms in total. The molecule has 0 saturated carbocycles. The minimum atomic E-state index is -3.92. The summed E-state index contributed by atoms with van der Waals surface area (Å²) in [5.41, 5.74) is 0. The maximum absolute atomic E-state index is 10.7. The second-order valence-corrected chi connectivity index (χ2v) is 6.65. The van der Waals surface area contributed by atoms with Gasteiger partial charge in [-0.1, -0.05) is 13.5 Å². The zero-order valence-corrected chi connectivity index (χ0v) is 13.1. The van der Waals surface area contributed by atoms with E-state index in [1.807, 2.05) is 0 Å². The van der Waals surface area contributed by atoms with Crippen LogP contribution in [0, 0.1) is 0 Å². The normalized spacial score (nSPS) is 11.2. The van der Waals surface area contributed by atoms with Crippen LogP contribution in [0.15, 0.2) is 12.7 Å². The number of hydrogen-bond acceptors (Lipinski definition) is 4. The highest BCUT2D eigenvalue weighted by atomic mass is 32.2. The lowest BCUT2D eigenvalue weighted by Gasteiger charge is -2.23. The van der Waals surface area contributed by atoms with E-state index in [0.717, 1.165) is 24.0 Å². The molecule has 0 fully saturated rings. The molecular weight excluding hydrogens is 268 g/mol. The van der Waals surface area contributed by atoms with Crippen molar-refractivity contribution in [3.8, 4) is 0 Å². The molecule has 0 rings (SSSR count).